The van der Waals surface area contributed by atoms with Gasteiger partial charge in [0.1, 0.15) is 18.4 Å². The zero-order chi connectivity index (χ0) is 27.7. The molecule has 1 N–H and O–H groups in total. The molecule has 0 aliphatic rings. The SMILES string of the molecule is CCC(C)NC(=O)C(Cc1ccccc1)N(Cc1ccccc1)C(=O)CN(c1ccc(F)cc1)S(C)(=O)=O. The number of amides is 2. The Labute approximate surface area is 224 Å². The maximum absolute atomic E-state index is 13.9. The summed E-state index contributed by atoms with van der Waals surface area (Å²) in [4.78, 5) is 28.9. The summed E-state index contributed by atoms with van der Waals surface area (Å²) in [6.45, 7) is 3.41. The fourth-order valence-electron chi connectivity index (χ4n) is 4.00. The predicted molar refractivity (Wildman–Crippen MR) is 147 cm³/mol. The number of halogens is 1. The van der Waals surface area contributed by atoms with Crippen LogP contribution in [0.3, 0.4) is 0 Å². The van der Waals surface area contributed by atoms with E-state index in [1.165, 1.54) is 17.0 Å². The summed E-state index contributed by atoms with van der Waals surface area (Å²) in [7, 11) is -3.90. The zero-order valence-corrected chi connectivity index (χ0v) is 22.7. The molecule has 9 heteroatoms. The van der Waals surface area contributed by atoms with E-state index >= 15 is 0 Å². The Kier molecular flexibility index (Phi) is 10.0. The first-order valence-electron chi connectivity index (χ1n) is 12.5. The Morgan fingerprint density at radius 3 is 1.97 bits per heavy atom. The van der Waals surface area contributed by atoms with Crippen LogP contribution in [0.5, 0.6) is 0 Å². The average Bonchev–Trinajstić information content (AvgIpc) is 2.90. The van der Waals surface area contributed by atoms with Crippen LogP contribution in [0, 0.1) is 5.82 Å². The van der Waals surface area contributed by atoms with E-state index in [9.17, 15) is 22.4 Å². The van der Waals surface area contributed by atoms with Crippen LogP contribution >= 0.6 is 0 Å². The van der Waals surface area contributed by atoms with Crippen LogP contribution in [0.4, 0.5) is 10.1 Å². The van der Waals surface area contributed by atoms with Crippen LogP contribution < -0.4 is 9.62 Å². The summed E-state index contributed by atoms with van der Waals surface area (Å²) in [5.41, 5.74) is 1.81. The lowest BCUT2D eigenvalue weighted by Gasteiger charge is -2.34. The first-order chi connectivity index (χ1) is 18.1. The van der Waals surface area contributed by atoms with Crippen molar-refractivity contribution in [3.63, 3.8) is 0 Å². The molecule has 3 rings (SSSR count). The highest BCUT2D eigenvalue weighted by atomic mass is 32.2. The molecule has 0 saturated heterocycles. The molecule has 38 heavy (non-hydrogen) atoms. The number of benzene rings is 3. The van der Waals surface area contributed by atoms with Gasteiger partial charge in [-0.15, -0.1) is 0 Å². The van der Waals surface area contributed by atoms with Crippen LogP contribution in [0.25, 0.3) is 0 Å². The molecule has 0 saturated carbocycles. The lowest BCUT2D eigenvalue weighted by molar-refractivity contribution is -0.140. The number of nitrogens with one attached hydrogen (secondary N) is 1. The summed E-state index contributed by atoms with van der Waals surface area (Å²) in [6.07, 6.45) is 1.95. The molecule has 2 unspecified atom stereocenters. The van der Waals surface area contributed by atoms with Gasteiger partial charge in [-0.3, -0.25) is 13.9 Å². The van der Waals surface area contributed by atoms with Crippen LogP contribution in [0.15, 0.2) is 84.9 Å². The Balaban J connectivity index is 2.03. The Hall–Kier alpha value is -3.72. The number of carbonyl (C=O) groups is 2. The number of anilines is 1. The van der Waals surface area contributed by atoms with Crippen molar-refractivity contribution < 1.29 is 22.4 Å². The van der Waals surface area contributed by atoms with Gasteiger partial charge in [-0.2, -0.15) is 0 Å². The highest BCUT2D eigenvalue weighted by molar-refractivity contribution is 7.92. The van der Waals surface area contributed by atoms with Crippen molar-refractivity contribution in [2.45, 2.75) is 45.3 Å². The minimum absolute atomic E-state index is 0.103. The molecular formula is C29H34FN3O4S. The van der Waals surface area contributed by atoms with Gasteiger partial charge in [-0.1, -0.05) is 67.6 Å². The van der Waals surface area contributed by atoms with Gasteiger partial charge in [-0.25, -0.2) is 12.8 Å². The van der Waals surface area contributed by atoms with E-state index in [4.69, 9.17) is 0 Å². The smallest absolute Gasteiger partial charge is 0.244 e. The number of sulfonamides is 1. The van der Waals surface area contributed by atoms with E-state index in [0.717, 1.165) is 33.8 Å². The lowest BCUT2D eigenvalue weighted by atomic mass is 10.0. The monoisotopic (exact) mass is 539 g/mol. The third-order valence-corrected chi connectivity index (χ3v) is 7.40. The Bertz CT molecular complexity index is 1300. The van der Waals surface area contributed by atoms with Crippen molar-refractivity contribution in [1.29, 1.82) is 0 Å². The summed E-state index contributed by atoms with van der Waals surface area (Å²) >= 11 is 0. The third kappa shape index (κ3) is 8.14. The topological polar surface area (TPSA) is 86.8 Å². The van der Waals surface area contributed by atoms with Gasteiger partial charge in [0.05, 0.1) is 11.9 Å². The van der Waals surface area contributed by atoms with Gasteiger partial charge in [0.2, 0.25) is 21.8 Å². The Morgan fingerprint density at radius 1 is 0.895 bits per heavy atom. The standard InChI is InChI=1S/C29H34FN3O4S/c1-4-22(2)31-29(35)27(19-23-11-7-5-8-12-23)32(20-24-13-9-6-10-14-24)28(34)21-33(38(3,36)37)26-17-15-25(30)16-18-26/h5-18,22,27H,4,19-21H2,1-3H3,(H,31,35). The molecule has 2 atom stereocenters. The van der Waals surface area contributed by atoms with Gasteiger partial charge in [0.15, 0.2) is 0 Å². The highest BCUT2D eigenvalue weighted by Crippen LogP contribution is 2.21. The molecule has 202 valence electrons. The molecule has 3 aromatic rings. The summed E-state index contributed by atoms with van der Waals surface area (Å²) in [5, 5.41) is 2.99. The van der Waals surface area contributed by atoms with Crippen molar-refractivity contribution >= 4 is 27.5 Å². The zero-order valence-electron chi connectivity index (χ0n) is 21.9. The fraction of sp³-hybridized carbons (Fsp3) is 0.310. The number of hydrogen-bond donors (Lipinski definition) is 1. The molecule has 0 spiro atoms. The average molecular weight is 540 g/mol. The van der Waals surface area contributed by atoms with E-state index in [1.807, 2.05) is 74.5 Å². The quantitative estimate of drug-likeness (QED) is 0.375. The molecule has 0 radical (unpaired) electrons. The van der Waals surface area contributed by atoms with Crippen LogP contribution in [0.2, 0.25) is 0 Å². The van der Waals surface area contributed by atoms with E-state index in [-0.39, 0.29) is 30.6 Å². The fourth-order valence-corrected chi connectivity index (χ4v) is 4.85. The molecule has 0 aromatic heterocycles. The molecule has 3 aromatic carbocycles. The molecule has 0 aliphatic heterocycles. The second-order valence-corrected chi connectivity index (χ2v) is 11.2. The lowest BCUT2D eigenvalue weighted by Crippen LogP contribution is -2.54. The summed E-state index contributed by atoms with van der Waals surface area (Å²) in [6, 6.07) is 22.5. The normalized spacial score (nSPS) is 12.8. The molecule has 0 fully saturated rings. The van der Waals surface area contributed by atoms with Gasteiger partial charge in [-0.05, 0) is 48.7 Å². The van der Waals surface area contributed by atoms with E-state index in [1.54, 1.807) is 0 Å². The number of nitrogens with zero attached hydrogens (tertiary/aromatic N) is 2. The molecule has 0 heterocycles. The summed E-state index contributed by atoms with van der Waals surface area (Å²) in [5.74, 6) is -1.40. The largest absolute Gasteiger partial charge is 0.352 e. The highest BCUT2D eigenvalue weighted by Gasteiger charge is 2.33. The third-order valence-electron chi connectivity index (χ3n) is 6.26. The summed E-state index contributed by atoms with van der Waals surface area (Å²) < 4.78 is 39.8. The van der Waals surface area contributed by atoms with Crippen molar-refractivity contribution in [2.75, 3.05) is 17.1 Å². The number of hydrogen-bond acceptors (Lipinski definition) is 4. The van der Waals surface area contributed by atoms with Crippen LogP contribution in [0.1, 0.15) is 31.4 Å². The first kappa shape index (κ1) is 28.8. The second-order valence-electron chi connectivity index (χ2n) is 9.28. The number of rotatable bonds is 12. The van der Waals surface area contributed by atoms with Gasteiger partial charge in [0.25, 0.3) is 0 Å². The van der Waals surface area contributed by atoms with Gasteiger partial charge in [0, 0.05) is 19.0 Å². The minimum Gasteiger partial charge on any atom is -0.352 e. The first-order valence-corrected chi connectivity index (χ1v) is 14.3. The maximum Gasteiger partial charge on any atom is 0.244 e. The minimum atomic E-state index is -3.90. The Morgan fingerprint density at radius 2 is 1.45 bits per heavy atom. The van der Waals surface area contributed by atoms with Crippen molar-refractivity contribution in [2.24, 2.45) is 0 Å². The maximum atomic E-state index is 13.9. The molecule has 0 bridgehead atoms. The van der Waals surface area contributed by atoms with Gasteiger partial charge >= 0.3 is 0 Å². The van der Waals surface area contributed by atoms with E-state index < -0.39 is 34.3 Å². The van der Waals surface area contributed by atoms with Gasteiger partial charge < -0.3 is 10.2 Å². The van der Waals surface area contributed by atoms with Crippen molar-refractivity contribution in [1.82, 2.24) is 10.2 Å². The van der Waals surface area contributed by atoms with E-state index in [0.29, 0.717) is 6.42 Å². The van der Waals surface area contributed by atoms with Crippen LogP contribution in [-0.2, 0) is 32.6 Å². The molecule has 7 nitrogen and oxygen atoms in total. The van der Waals surface area contributed by atoms with Crippen molar-refractivity contribution in [3.05, 3.63) is 102 Å². The number of carbonyl (C=O) groups excluding carboxylic acids is 2. The second kappa shape index (κ2) is 13.2. The van der Waals surface area contributed by atoms with E-state index in [2.05, 4.69) is 5.32 Å². The predicted octanol–water partition coefficient (Wildman–Crippen LogP) is 4.15. The van der Waals surface area contributed by atoms with Crippen molar-refractivity contribution in [3.8, 4) is 0 Å². The molecule has 0 aliphatic carbocycles. The van der Waals surface area contributed by atoms with Crippen LogP contribution in [-0.4, -0.2) is 50.0 Å². The molecule has 2 amide bonds. The molecular weight excluding hydrogens is 505 g/mol.